The van der Waals surface area contributed by atoms with Crippen molar-refractivity contribution in [1.82, 2.24) is 10.3 Å². The summed E-state index contributed by atoms with van der Waals surface area (Å²) in [7, 11) is 0. The standard InChI is InChI=1S/C23H23N3O2/c1-14-10-20(26-21-13-16-5-2-4-15(16)12-19(14)21)17-6-3-7-18(11-17)23(28)25-9-8-22(24)27/h3,6-7,10-13H,2,4-5,8-9H2,1H3,(H2,24,27)(H,25,28). The average Bonchev–Trinajstić information content (AvgIpc) is 3.13. The summed E-state index contributed by atoms with van der Waals surface area (Å²) in [5.74, 6) is -0.658. The normalized spacial score (nSPS) is 12.8. The molecule has 0 atom stereocenters. The third-order valence-corrected chi connectivity index (χ3v) is 5.31. The van der Waals surface area contributed by atoms with Crippen LogP contribution < -0.4 is 11.1 Å². The minimum Gasteiger partial charge on any atom is -0.370 e. The van der Waals surface area contributed by atoms with Gasteiger partial charge in [0.2, 0.25) is 5.91 Å². The second-order valence-corrected chi connectivity index (χ2v) is 7.37. The minimum atomic E-state index is -0.434. The number of aryl methyl sites for hydroxylation is 3. The van der Waals surface area contributed by atoms with E-state index >= 15 is 0 Å². The monoisotopic (exact) mass is 373 g/mol. The quantitative estimate of drug-likeness (QED) is 0.719. The van der Waals surface area contributed by atoms with E-state index in [9.17, 15) is 9.59 Å². The van der Waals surface area contributed by atoms with Gasteiger partial charge in [-0.1, -0.05) is 12.1 Å². The van der Waals surface area contributed by atoms with Crippen molar-refractivity contribution in [3.63, 3.8) is 0 Å². The molecular formula is C23H23N3O2. The van der Waals surface area contributed by atoms with Crippen molar-refractivity contribution in [2.75, 3.05) is 6.54 Å². The number of aromatic nitrogens is 1. The van der Waals surface area contributed by atoms with E-state index in [1.165, 1.54) is 28.5 Å². The molecule has 1 heterocycles. The number of nitrogens with two attached hydrogens (primary N) is 1. The maximum atomic E-state index is 12.3. The average molecular weight is 373 g/mol. The van der Waals surface area contributed by atoms with Crippen molar-refractivity contribution in [2.24, 2.45) is 5.73 Å². The smallest absolute Gasteiger partial charge is 0.251 e. The number of carbonyl (C=O) groups excluding carboxylic acids is 2. The van der Waals surface area contributed by atoms with Crippen LogP contribution in [0.2, 0.25) is 0 Å². The van der Waals surface area contributed by atoms with Gasteiger partial charge in [-0.15, -0.1) is 0 Å². The molecule has 1 aliphatic carbocycles. The van der Waals surface area contributed by atoms with Crippen LogP contribution in [0.4, 0.5) is 0 Å². The van der Waals surface area contributed by atoms with E-state index in [1.54, 1.807) is 6.07 Å². The number of hydrogen-bond donors (Lipinski definition) is 2. The third kappa shape index (κ3) is 3.60. The number of hydrogen-bond acceptors (Lipinski definition) is 3. The van der Waals surface area contributed by atoms with Gasteiger partial charge in [0.05, 0.1) is 11.2 Å². The summed E-state index contributed by atoms with van der Waals surface area (Å²) >= 11 is 0. The predicted molar refractivity (Wildman–Crippen MR) is 110 cm³/mol. The molecule has 2 amide bonds. The number of rotatable bonds is 5. The number of carbonyl (C=O) groups is 2. The first kappa shape index (κ1) is 18.2. The predicted octanol–water partition coefficient (Wildman–Crippen LogP) is 3.30. The van der Waals surface area contributed by atoms with E-state index < -0.39 is 5.91 Å². The van der Waals surface area contributed by atoms with Gasteiger partial charge >= 0.3 is 0 Å². The lowest BCUT2D eigenvalue weighted by Crippen LogP contribution is -2.27. The molecule has 0 saturated heterocycles. The van der Waals surface area contributed by atoms with Crippen molar-refractivity contribution < 1.29 is 9.59 Å². The summed E-state index contributed by atoms with van der Waals surface area (Å²) < 4.78 is 0. The summed E-state index contributed by atoms with van der Waals surface area (Å²) in [5.41, 5.74) is 12.4. The Morgan fingerprint density at radius 1 is 1.11 bits per heavy atom. The number of pyridine rings is 1. The second-order valence-electron chi connectivity index (χ2n) is 7.37. The van der Waals surface area contributed by atoms with Gasteiger partial charge < -0.3 is 11.1 Å². The molecule has 142 valence electrons. The zero-order valence-corrected chi connectivity index (χ0v) is 15.9. The Morgan fingerprint density at radius 3 is 2.68 bits per heavy atom. The molecule has 3 aromatic rings. The van der Waals surface area contributed by atoms with Gasteiger partial charge in [-0.3, -0.25) is 9.59 Å². The number of fused-ring (bicyclic) bond motifs is 2. The summed E-state index contributed by atoms with van der Waals surface area (Å²) in [5, 5.41) is 3.92. The van der Waals surface area contributed by atoms with Crippen LogP contribution in [0, 0.1) is 6.92 Å². The lowest BCUT2D eigenvalue weighted by atomic mass is 10.00. The van der Waals surface area contributed by atoms with Crippen molar-refractivity contribution in [3.05, 3.63) is 64.7 Å². The first-order valence-electron chi connectivity index (χ1n) is 9.61. The Balaban J connectivity index is 1.65. The van der Waals surface area contributed by atoms with Crippen molar-refractivity contribution >= 4 is 22.7 Å². The zero-order valence-electron chi connectivity index (χ0n) is 15.9. The van der Waals surface area contributed by atoms with E-state index in [0.717, 1.165) is 29.6 Å². The SMILES string of the molecule is Cc1cc(-c2cccc(C(=O)NCCC(N)=O)c2)nc2cc3c(cc12)CCC3. The Kier molecular flexibility index (Phi) is 4.82. The van der Waals surface area contributed by atoms with Gasteiger partial charge in [0.1, 0.15) is 0 Å². The Bertz CT molecular complexity index is 1090. The molecule has 5 heteroatoms. The zero-order chi connectivity index (χ0) is 19.7. The topological polar surface area (TPSA) is 85.1 Å². The van der Waals surface area contributed by atoms with E-state index in [4.69, 9.17) is 10.7 Å². The number of nitrogens with one attached hydrogen (secondary N) is 1. The molecular weight excluding hydrogens is 350 g/mol. The number of primary amides is 1. The molecule has 5 nitrogen and oxygen atoms in total. The highest BCUT2D eigenvalue weighted by atomic mass is 16.2. The van der Waals surface area contributed by atoms with Crippen molar-refractivity contribution in [2.45, 2.75) is 32.6 Å². The lowest BCUT2D eigenvalue weighted by molar-refractivity contribution is -0.117. The molecule has 0 aliphatic heterocycles. The van der Waals surface area contributed by atoms with Crippen LogP contribution >= 0.6 is 0 Å². The van der Waals surface area contributed by atoms with Gasteiger partial charge in [-0.05, 0) is 73.2 Å². The lowest BCUT2D eigenvalue weighted by Gasteiger charge is -2.10. The Hall–Kier alpha value is -3.21. The fraction of sp³-hybridized carbons (Fsp3) is 0.261. The van der Waals surface area contributed by atoms with Crippen molar-refractivity contribution in [1.29, 1.82) is 0 Å². The fourth-order valence-electron chi connectivity index (χ4n) is 3.83. The van der Waals surface area contributed by atoms with E-state index in [-0.39, 0.29) is 18.9 Å². The van der Waals surface area contributed by atoms with Gasteiger partial charge in [-0.2, -0.15) is 0 Å². The number of nitrogens with zero attached hydrogens (tertiary/aromatic N) is 1. The highest BCUT2D eigenvalue weighted by molar-refractivity contribution is 5.96. The van der Waals surface area contributed by atoms with Crippen molar-refractivity contribution in [3.8, 4) is 11.3 Å². The third-order valence-electron chi connectivity index (χ3n) is 5.31. The Morgan fingerprint density at radius 2 is 1.89 bits per heavy atom. The van der Waals surface area contributed by atoms with Crippen LogP contribution in [-0.4, -0.2) is 23.3 Å². The van der Waals surface area contributed by atoms with E-state index in [2.05, 4.69) is 30.4 Å². The number of amides is 2. The van der Waals surface area contributed by atoms with Gasteiger partial charge in [0.25, 0.3) is 5.91 Å². The molecule has 28 heavy (non-hydrogen) atoms. The summed E-state index contributed by atoms with van der Waals surface area (Å²) in [6.07, 6.45) is 3.61. The largest absolute Gasteiger partial charge is 0.370 e. The van der Waals surface area contributed by atoms with E-state index in [0.29, 0.717) is 5.56 Å². The van der Waals surface area contributed by atoms with Crippen LogP contribution in [0.15, 0.2) is 42.5 Å². The fourth-order valence-corrected chi connectivity index (χ4v) is 3.83. The Labute approximate surface area is 164 Å². The summed E-state index contributed by atoms with van der Waals surface area (Å²) in [6, 6.07) is 14.0. The molecule has 0 unspecified atom stereocenters. The van der Waals surface area contributed by atoms with Crippen LogP contribution in [0.5, 0.6) is 0 Å². The first-order valence-corrected chi connectivity index (χ1v) is 9.61. The van der Waals surface area contributed by atoms with Gasteiger partial charge in [-0.25, -0.2) is 4.98 Å². The molecule has 0 spiro atoms. The molecule has 1 aromatic heterocycles. The summed E-state index contributed by atoms with van der Waals surface area (Å²) in [4.78, 5) is 28.0. The first-order chi connectivity index (χ1) is 13.5. The van der Waals surface area contributed by atoms with Gasteiger partial charge in [0.15, 0.2) is 0 Å². The molecule has 0 saturated carbocycles. The second kappa shape index (κ2) is 7.43. The van der Waals surface area contributed by atoms with Crippen LogP contribution in [0.1, 0.15) is 39.9 Å². The highest BCUT2D eigenvalue weighted by Crippen LogP contribution is 2.30. The maximum absolute atomic E-state index is 12.3. The molecule has 2 aromatic carbocycles. The van der Waals surface area contributed by atoms with Gasteiger partial charge in [0, 0.05) is 29.5 Å². The molecule has 4 rings (SSSR count). The molecule has 0 fully saturated rings. The highest BCUT2D eigenvalue weighted by Gasteiger charge is 2.15. The van der Waals surface area contributed by atoms with E-state index in [1.807, 2.05) is 18.2 Å². The molecule has 1 aliphatic rings. The minimum absolute atomic E-state index is 0.126. The number of benzene rings is 2. The summed E-state index contributed by atoms with van der Waals surface area (Å²) in [6.45, 7) is 2.34. The van der Waals surface area contributed by atoms with Crippen LogP contribution in [0.3, 0.4) is 0 Å². The molecule has 3 N–H and O–H groups in total. The van der Waals surface area contributed by atoms with Crippen LogP contribution in [-0.2, 0) is 17.6 Å². The molecule has 0 radical (unpaired) electrons. The van der Waals surface area contributed by atoms with Crippen LogP contribution in [0.25, 0.3) is 22.2 Å². The molecule has 0 bridgehead atoms. The maximum Gasteiger partial charge on any atom is 0.251 e.